The van der Waals surface area contributed by atoms with Crippen LogP contribution in [0.3, 0.4) is 0 Å². The molecule has 0 unspecified atom stereocenters. The summed E-state index contributed by atoms with van der Waals surface area (Å²) in [5, 5.41) is 0.971. The molecule has 11 rings (SSSR count). The van der Waals surface area contributed by atoms with Crippen molar-refractivity contribution in [2.45, 2.75) is 0 Å². The summed E-state index contributed by atoms with van der Waals surface area (Å²) in [6, 6.07) is 30.4. The highest BCUT2D eigenvalue weighted by molar-refractivity contribution is 6.17. The molecule has 2 heterocycles. The third kappa shape index (κ3) is 5.20. The largest absolute Gasteiger partial charge is 0.456 e. The molecule has 0 bridgehead atoms. The topological polar surface area (TPSA) is 29.5 Å². The molecule has 11 aromatic rings. The van der Waals surface area contributed by atoms with E-state index in [-0.39, 0.29) is 49.5 Å². The molecule has 0 aliphatic heterocycles. The second-order valence-corrected chi connectivity index (χ2v) is 13.1. The molecule has 3 nitrogen and oxygen atoms in total. The van der Waals surface area contributed by atoms with Crippen LogP contribution in [0, 0.1) is 0 Å². The van der Waals surface area contributed by atoms with E-state index in [1.165, 1.54) is 0 Å². The van der Waals surface area contributed by atoms with Crippen LogP contribution in [0.15, 0.2) is 209 Å². The van der Waals surface area contributed by atoms with Gasteiger partial charge in [0, 0.05) is 49.4 Å². The highest BCUT2D eigenvalue weighted by Crippen LogP contribution is 2.45. The number of anilines is 3. The molecule has 55 heavy (non-hydrogen) atoms. The minimum Gasteiger partial charge on any atom is -0.456 e. The fourth-order valence-electron chi connectivity index (χ4n) is 7.32. The van der Waals surface area contributed by atoms with Crippen LogP contribution in [0.25, 0.3) is 88.0 Å². The smallest absolute Gasteiger partial charge is 0.143 e. The average molecular weight is 717 g/mol. The number of benzene rings is 9. The summed E-state index contributed by atoms with van der Waals surface area (Å²) in [5.74, 6) is 0. The van der Waals surface area contributed by atoms with Gasteiger partial charge < -0.3 is 13.7 Å². The molecule has 0 spiro atoms. The van der Waals surface area contributed by atoms with E-state index in [2.05, 4.69) is 0 Å². The molecule has 2 aromatic heterocycles. The van der Waals surface area contributed by atoms with E-state index in [1.54, 1.807) is 29.2 Å². The highest BCUT2D eigenvalue weighted by Gasteiger charge is 2.21. The summed E-state index contributed by atoms with van der Waals surface area (Å²) in [7, 11) is 0. The van der Waals surface area contributed by atoms with Crippen LogP contribution in [0.2, 0.25) is 0 Å². The summed E-state index contributed by atoms with van der Waals surface area (Å²) in [6.45, 7) is 0. The molecule has 258 valence electrons. The number of furan rings is 2. The zero-order chi connectivity index (χ0) is 47.6. The fourth-order valence-corrected chi connectivity index (χ4v) is 7.32. The predicted octanol–water partition coefficient (Wildman–Crippen LogP) is 15.1. The SMILES string of the molecule is [2H]c1c([2H])c([2H])c(N(c2ccc(-c3ccccc3)cc2)c2ccc(-c3ccc4c(c3)oc3ccccc34)cc2)c(-c2c([2H])c([2H])c([2H])c3c2oc2c4c([2H])c([2H])c([2H])c([2H])c4c([2H])c([2H])c23)c1[2H]. The molecule has 0 radical (unpaired) electrons. The lowest BCUT2D eigenvalue weighted by atomic mass is 9.98. The third-order valence-electron chi connectivity index (χ3n) is 9.95. The summed E-state index contributed by atoms with van der Waals surface area (Å²) >= 11 is 0. The molecule has 9 aromatic carbocycles. The lowest BCUT2D eigenvalue weighted by molar-refractivity contribution is 0.669. The molecule has 0 amide bonds. The van der Waals surface area contributed by atoms with Crippen molar-refractivity contribution in [3.05, 3.63) is 200 Å². The lowest BCUT2D eigenvalue weighted by Crippen LogP contribution is -2.11. The molecule has 3 heteroatoms. The monoisotopic (exact) mass is 716 g/mol. The quantitative estimate of drug-likeness (QED) is 0.172. The Morgan fingerprint density at radius 2 is 1.00 bits per heavy atom. The van der Waals surface area contributed by atoms with E-state index in [9.17, 15) is 4.11 Å². The molecule has 0 N–H and O–H groups in total. The standard InChI is InChI=1S/C52H33NO2/c1-2-11-34(12-3-1)35-21-27-39(28-22-35)53(40-29-23-36(24-30-40)38-26-31-44-43-16-7-9-20-49(43)54-50(44)33-38)48-19-8-6-15-42(48)45-17-10-18-46-47-32-25-37-13-4-5-14-41(37)51(47)55-52(45)46/h1-33H/i4D,5D,6D,8D,10D,13D,14D,15D,17D,18D,19D,25D,32D. The average Bonchev–Trinajstić information content (AvgIpc) is 3.94. The summed E-state index contributed by atoms with van der Waals surface area (Å²) in [6.07, 6.45) is 0. The fraction of sp³-hybridized carbons (Fsp3) is 0. The first-order valence-corrected chi connectivity index (χ1v) is 17.6. The Morgan fingerprint density at radius 1 is 0.382 bits per heavy atom. The molecular formula is C52H33NO2. The lowest BCUT2D eigenvalue weighted by Gasteiger charge is -2.28. The first-order valence-electron chi connectivity index (χ1n) is 24.1. The zero-order valence-corrected chi connectivity index (χ0v) is 28.8. The molecule has 0 fully saturated rings. The second-order valence-electron chi connectivity index (χ2n) is 13.1. The number of nitrogens with zero attached hydrogens (tertiary/aromatic N) is 1. The molecule has 0 saturated heterocycles. The summed E-state index contributed by atoms with van der Waals surface area (Å²) < 4.78 is 130. The van der Waals surface area contributed by atoms with Crippen LogP contribution < -0.4 is 4.90 Å². The van der Waals surface area contributed by atoms with Gasteiger partial charge in [-0.1, -0.05) is 145 Å². The van der Waals surface area contributed by atoms with Crippen molar-refractivity contribution in [1.82, 2.24) is 0 Å². The highest BCUT2D eigenvalue weighted by atomic mass is 16.3. The van der Waals surface area contributed by atoms with Crippen LogP contribution in [0.4, 0.5) is 17.1 Å². The van der Waals surface area contributed by atoms with Crippen LogP contribution in [0.5, 0.6) is 0 Å². The Labute approximate surface area is 336 Å². The van der Waals surface area contributed by atoms with E-state index in [4.69, 9.17) is 22.5 Å². The van der Waals surface area contributed by atoms with E-state index < -0.39 is 78.6 Å². The second kappa shape index (κ2) is 12.6. The first kappa shape index (κ1) is 20.8. The minimum absolute atomic E-state index is 0.133. The van der Waals surface area contributed by atoms with Crippen LogP contribution in [-0.2, 0) is 0 Å². The van der Waals surface area contributed by atoms with Gasteiger partial charge in [0.1, 0.15) is 22.3 Å². The van der Waals surface area contributed by atoms with Crippen molar-refractivity contribution >= 4 is 71.7 Å². The van der Waals surface area contributed by atoms with Gasteiger partial charge in [-0.2, -0.15) is 0 Å². The van der Waals surface area contributed by atoms with Gasteiger partial charge in [-0.3, -0.25) is 0 Å². The minimum atomic E-state index is -0.668. The van der Waals surface area contributed by atoms with Gasteiger partial charge in [0.05, 0.1) is 23.5 Å². The molecular weight excluding hydrogens is 671 g/mol. The summed E-state index contributed by atoms with van der Waals surface area (Å²) in [4.78, 5) is 1.63. The number of rotatable bonds is 6. The Morgan fingerprint density at radius 3 is 1.84 bits per heavy atom. The van der Waals surface area contributed by atoms with Gasteiger partial charge in [0.15, 0.2) is 0 Å². The molecule has 0 saturated carbocycles. The predicted molar refractivity (Wildman–Crippen MR) is 229 cm³/mol. The number of hydrogen-bond acceptors (Lipinski definition) is 3. The van der Waals surface area contributed by atoms with E-state index in [0.717, 1.165) is 38.6 Å². The molecule has 0 aliphatic rings. The normalized spacial score (nSPS) is 14.9. The van der Waals surface area contributed by atoms with Crippen molar-refractivity contribution in [2.75, 3.05) is 4.90 Å². The maximum atomic E-state index is 9.62. The Bertz CT molecular complexity index is 3940. The van der Waals surface area contributed by atoms with E-state index >= 15 is 0 Å². The number of para-hydroxylation sites is 3. The van der Waals surface area contributed by atoms with Crippen LogP contribution in [0.1, 0.15) is 17.8 Å². The number of fused-ring (bicyclic) bond motifs is 8. The Hall–Kier alpha value is -7.36. The van der Waals surface area contributed by atoms with Crippen LogP contribution >= 0.6 is 0 Å². The maximum absolute atomic E-state index is 9.62. The Balaban J connectivity index is 1.20. The van der Waals surface area contributed by atoms with Gasteiger partial charge in [-0.15, -0.1) is 0 Å². The van der Waals surface area contributed by atoms with E-state index in [0.29, 0.717) is 17.0 Å². The van der Waals surface area contributed by atoms with Gasteiger partial charge >= 0.3 is 0 Å². The first-order chi connectivity index (χ1) is 32.7. The van der Waals surface area contributed by atoms with Crippen LogP contribution in [-0.4, -0.2) is 0 Å². The molecule has 0 atom stereocenters. The van der Waals surface area contributed by atoms with Gasteiger partial charge in [0.25, 0.3) is 0 Å². The maximum Gasteiger partial charge on any atom is 0.143 e. The van der Waals surface area contributed by atoms with Crippen molar-refractivity contribution in [3.63, 3.8) is 0 Å². The molecule has 0 aliphatic carbocycles. The van der Waals surface area contributed by atoms with Crippen molar-refractivity contribution in [3.8, 4) is 33.4 Å². The van der Waals surface area contributed by atoms with E-state index in [1.807, 2.05) is 97.1 Å². The van der Waals surface area contributed by atoms with Gasteiger partial charge in [0.2, 0.25) is 0 Å². The van der Waals surface area contributed by atoms with Crippen molar-refractivity contribution in [2.24, 2.45) is 0 Å². The summed E-state index contributed by atoms with van der Waals surface area (Å²) in [5.41, 5.74) is 4.50. The Kier molecular flexibility index (Phi) is 4.78. The van der Waals surface area contributed by atoms with Crippen molar-refractivity contribution in [1.29, 1.82) is 0 Å². The number of hydrogen-bond donors (Lipinski definition) is 0. The van der Waals surface area contributed by atoms with Gasteiger partial charge in [-0.25, -0.2) is 0 Å². The van der Waals surface area contributed by atoms with Gasteiger partial charge in [-0.05, 0) is 82.2 Å². The third-order valence-corrected chi connectivity index (χ3v) is 9.95. The van der Waals surface area contributed by atoms with Crippen molar-refractivity contribution < 1.29 is 26.7 Å². The zero-order valence-electron chi connectivity index (χ0n) is 41.8.